The number of ether oxygens (including phenoxy) is 3. The first-order chi connectivity index (χ1) is 13.2. The number of carbonyl (C=O) groups excluding carboxylic acids is 2. The summed E-state index contributed by atoms with van der Waals surface area (Å²) in [7, 11) is 0. The molecule has 0 spiro atoms. The molecule has 0 aliphatic rings. The Morgan fingerprint density at radius 2 is 1.75 bits per heavy atom. The Morgan fingerprint density at radius 1 is 1.07 bits per heavy atom. The molecule has 2 amide bonds. The summed E-state index contributed by atoms with van der Waals surface area (Å²) in [4.78, 5) is 34.4. The van der Waals surface area contributed by atoms with Crippen molar-refractivity contribution in [3.8, 4) is 0 Å². The van der Waals surface area contributed by atoms with Crippen molar-refractivity contribution in [2.45, 2.75) is 45.4 Å². The van der Waals surface area contributed by atoms with Gasteiger partial charge >= 0.3 is 18.2 Å². The molecule has 156 valence electrons. The number of hydrogen-bond acceptors (Lipinski definition) is 6. The molecule has 0 aromatic heterocycles. The highest BCUT2D eigenvalue weighted by atomic mass is 16.6. The molecule has 28 heavy (non-hydrogen) atoms. The van der Waals surface area contributed by atoms with Crippen LogP contribution in [0.3, 0.4) is 0 Å². The van der Waals surface area contributed by atoms with E-state index >= 15 is 0 Å². The van der Waals surface area contributed by atoms with Crippen molar-refractivity contribution >= 4 is 18.2 Å². The molecular weight excluding hydrogens is 368 g/mol. The summed E-state index contributed by atoms with van der Waals surface area (Å²) in [6, 6.07) is 8.15. The predicted octanol–water partition coefficient (Wildman–Crippen LogP) is 2.30. The van der Waals surface area contributed by atoms with Crippen LogP contribution in [0.4, 0.5) is 9.59 Å². The van der Waals surface area contributed by atoms with Crippen LogP contribution in [0.5, 0.6) is 0 Å². The molecule has 1 rings (SSSR count). The summed E-state index contributed by atoms with van der Waals surface area (Å²) in [6.07, 6.45) is -1.31. The number of benzene rings is 1. The maximum absolute atomic E-state index is 11.6. The van der Waals surface area contributed by atoms with Crippen LogP contribution in [-0.2, 0) is 25.6 Å². The summed E-state index contributed by atoms with van der Waals surface area (Å²) in [5, 5.41) is 14.0. The third kappa shape index (κ3) is 11.0. The molecule has 3 N–H and O–H groups in total. The van der Waals surface area contributed by atoms with Crippen LogP contribution in [0.1, 0.15) is 32.8 Å². The van der Waals surface area contributed by atoms with Gasteiger partial charge in [0.15, 0.2) is 0 Å². The van der Waals surface area contributed by atoms with E-state index in [1.165, 1.54) is 0 Å². The van der Waals surface area contributed by atoms with Crippen molar-refractivity contribution < 1.29 is 33.7 Å². The molecule has 0 heterocycles. The lowest BCUT2D eigenvalue weighted by atomic mass is 10.2. The lowest BCUT2D eigenvalue weighted by Gasteiger charge is -2.22. The second-order valence-electron chi connectivity index (χ2n) is 6.93. The molecule has 1 atom stereocenters. The first-order valence-electron chi connectivity index (χ1n) is 8.92. The van der Waals surface area contributed by atoms with E-state index in [0.717, 1.165) is 5.56 Å². The monoisotopic (exact) mass is 396 g/mol. The van der Waals surface area contributed by atoms with Crippen molar-refractivity contribution in [3.63, 3.8) is 0 Å². The van der Waals surface area contributed by atoms with E-state index in [-0.39, 0.29) is 32.8 Å². The molecule has 0 saturated carbocycles. The van der Waals surface area contributed by atoms with Crippen molar-refractivity contribution in [2.24, 2.45) is 0 Å². The van der Waals surface area contributed by atoms with E-state index < -0.39 is 29.8 Å². The van der Waals surface area contributed by atoms with Gasteiger partial charge in [0.05, 0.1) is 6.61 Å². The molecule has 0 fully saturated rings. The van der Waals surface area contributed by atoms with Crippen molar-refractivity contribution in [3.05, 3.63) is 35.9 Å². The Bertz CT molecular complexity index is 629. The first-order valence-corrected chi connectivity index (χ1v) is 8.92. The highest BCUT2D eigenvalue weighted by molar-refractivity contribution is 5.79. The van der Waals surface area contributed by atoms with Gasteiger partial charge in [0.25, 0.3) is 0 Å². The van der Waals surface area contributed by atoms with Crippen LogP contribution >= 0.6 is 0 Å². The number of alkyl carbamates (subject to hydrolysis) is 2. The third-order valence-corrected chi connectivity index (χ3v) is 3.27. The maximum atomic E-state index is 11.6. The topological polar surface area (TPSA) is 123 Å². The number of nitrogens with one attached hydrogen (secondary N) is 2. The number of carboxylic acids is 1. The standard InChI is InChI=1S/C19H28N2O7/c1-19(2,3)28-18(25)21-15(16(22)23)9-11-26-12-10-20-17(24)27-13-14-7-5-4-6-8-14/h4-8,15H,9-13H2,1-3H3,(H,20,24)(H,21,25)(H,22,23). The molecule has 0 radical (unpaired) electrons. The van der Waals surface area contributed by atoms with Gasteiger partial charge in [-0.05, 0) is 26.3 Å². The minimum Gasteiger partial charge on any atom is -0.480 e. The van der Waals surface area contributed by atoms with Gasteiger partial charge < -0.3 is 30.0 Å². The molecule has 0 aliphatic heterocycles. The van der Waals surface area contributed by atoms with Gasteiger partial charge in [-0.3, -0.25) is 0 Å². The normalized spacial score (nSPS) is 12.0. The van der Waals surface area contributed by atoms with Gasteiger partial charge in [0.1, 0.15) is 18.2 Å². The molecule has 9 nitrogen and oxygen atoms in total. The minimum absolute atomic E-state index is 0.0625. The van der Waals surface area contributed by atoms with E-state index in [1.54, 1.807) is 20.8 Å². The number of carbonyl (C=O) groups is 3. The Balaban J connectivity index is 2.15. The highest BCUT2D eigenvalue weighted by Crippen LogP contribution is 2.07. The predicted molar refractivity (Wildman–Crippen MR) is 101 cm³/mol. The SMILES string of the molecule is CC(C)(C)OC(=O)NC(CCOCCNC(=O)OCc1ccccc1)C(=O)O. The molecule has 0 saturated heterocycles. The van der Waals surface area contributed by atoms with Gasteiger partial charge in [0.2, 0.25) is 0 Å². The lowest BCUT2D eigenvalue weighted by Crippen LogP contribution is -2.44. The molecule has 1 aromatic rings. The average Bonchev–Trinajstić information content (AvgIpc) is 2.61. The van der Waals surface area contributed by atoms with Crippen molar-refractivity contribution in [1.82, 2.24) is 10.6 Å². The Kier molecular flexibility index (Phi) is 9.80. The minimum atomic E-state index is -1.18. The van der Waals surface area contributed by atoms with E-state index in [1.807, 2.05) is 30.3 Å². The summed E-state index contributed by atoms with van der Waals surface area (Å²) in [5.74, 6) is -1.18. The van der Waals surface area contributed by atoms with Crippen LogP contribution in [0.25, 0.3) is 0 Å². The summed E-state index contributed by atoms with van der Waals surface area (Å²) >= 11 is 0. The quantitative estimate of drug-likeness (QED) is 0.519. The zero-order valence-corrected chi connectivity index (χ0v) is 16.4. The smallest absolute Gasteiger partial charge is 0.408 e. The summed E-state index contributed by atoms with van der Waals surface area (Å²) in [5.41, 5.74) is 0.163. The van der Waals surface area contributed by atoms with Crippen LogP contribution < -0.4 is 10.6 Å². The molecule has 1 unspecified atom stereocenters. The van der Waals surface area contributed by atoms with Crippen LogP contribution in [0.2, 0.25) is 0 Å². The Labute approximate surface area is 164 Å². The fourth-order valence-electron chi connectivity index (χ4n) is 2.01. The molecule has 1 aromatic carbocycles. The van der Waals surface area contributed by atoms with Gasteiger partial charge in [-0.15, -0.1) is 0 Å². The maximum Gasteiger partial charge on any atom is 0.408 e. The zero-order valence-electron chi connectivity index (χ0n) is 16.4. The fourth-order valence-corrected chi connectivity index (χ4v) is 2.01. The third-order valence-electron chi connectivity index (χ3n) is 3.27. The van der Waals surface area contributed by atoms with Crippen molar-refractivity contribution in [2.75, 3.05) is 19.8 Å². The molecule has 0 aliphatic carbocycles. The molecule has 9 heteroatoms. The first kappa shape index (κ1) is 23.2. The Morgan fingerprint density at radius 3 is 2.36 bits per heavy atom. The molecule has 0 bridgehead atoms. The van der Waals surface area contributed by atoms with Gasteiger partial charge in [0, 0.05) is 19.6 Å². The largest absolute Gasteiger partial charge is 0.480 e. The zero-order chi connectivity index (χ0) is 21.0. The second kappa shape index (κ2) is 11.8. The summed E-state index contributed by atoms with van der Waals surface area (Å²) in [6.45, 7) is 5.71. The lowest BCUT2D eigenvalue weighted by molar-refractivity contribution is -0.140. The van der Waals surface area contributed by atoms with Gasteiger partial charge in [-0.1, -0.05) is 30.3 Å². The van der Waals surface area contributed by atoms with Gasteiger partial charge in [-0.25, -0.2) is 14.4 Å². The average molecular weight is 396 g/mol. The number of rotatable bonds is 10. The number of amides is 2. The van der Waals surface area contributed by atoms with Crippen LogP contribution in [0.15, 0.2) is 30.3 Å². The number of carboxylic acid groups (broad SMARTS) is 1. The van der Waals surface area contributed by atoms with E-state index in [4.69, 9.17) is 19.3 Å². The van der Waals surface area contributed by atoms with Crippen LogP contribution in [0, 0.1) is 0 Å². The molecular formula is C19H28N2O7. The van der Waals surface area contributed by atoms with Crippen LogP contribution in [-0.4, -0.2) is 54.7 Å². The number of aliphatic carboxylic acids is 1. The van der Waals surface area contributed by atoms with E-state index in [9.17, 15) is 14.4 Å². The second-order valence-corrected chi connectivity index (χ2v) is 6.93. The van der Waals surface area contributed by atoms with Gasteiger partial charge in [-0.2, -0.15) is 0 Å². The fraction of sp³-hybridized carbons (Fsp3) is 0.526. The highest BCUT2D eigenvalue weighted by Gasteiger charge is 2.23. The van der Waals surface area contributed by atoms with E-state index in [0.29, 0.717) is 0 Å². The summed E-state index contributed by atoms with van der Waals surface area (Å²) < 4.78 is 15.4. The Hall–Kier alpha value is -2.81. The van der Waals surface area contributed by atoms with Crippen molar-refractivity contribution in [1.29, 1.82) is 0 Å². The van der Waals surface area contributed by atoms with E-state index in [2.05, 4.69) is 10.6 Å². The number of hydrogen-bond donors (Lipinski definition) is 3.